The molecular formula is C24H21NO3S. The number of benzene rings is 3. The van der Waals surface area contributed by atoms with Crippen LogP contribution >= 0.6 is 11.8 Å². The molecule has 0 fully saturated rings. The zero-order chi connectivity index (χ0) is 20.1. The molecule has 3 aromatic carbocycles. The van der Waals surface area contributed by atoms with Crippen LogP contribution in [-0.2, 0) is 4.79 Å². The van der Waals surface area contributed by atoms with E-state index in [-0.39, 0.29) is 18.3 Å². The minimum Gasteiger partial charge on any atom is -0.484 e. The molecular weight excluding hydrogens is 382 g/mol. The maximum absolute atomic E-state index is 12.8. The van der Waals surface area contributed by atoms with E-state index in [1.165, 1.54) is 0 Å². The van der Waals surface area contributed by atoms with E-state index in [1.807, 2.05) is 41.3 Å². The molecule has 0 N–H and O–H groups in total. The van der Waals surface area contributed by atoms with Crippen molar-refractivity contribution in [1.82, 2.24) is 0 Å². The molecule has 0 radical (unpaired) electrons. The molecule has 0 saturated heterocycles. The summed E-state index contributed by atoms with van der Waals surface area (Å²) in [5.41, 5.74) is 2.19. The number of anilines is 1. The van der Waals surface area contributed by atoms with Gasteiger partial charge in [0.25, 0.3) is 5.91 Å². The van der Waals surface area contributed by atoms with Gasteiger partial charge in [-0.25, -0.2) is 0 Å². The Morgan fingerprint density at radius 1 is 0.862 bits per heavy atom. The highest BCUT2D eigenvalue weighted by Gasteiger charge is 2.21. The van der Waals surface area contributed by atoms with E-state index in [0.29, 0.717) is 23.4 Å². The molecule has 0 aromatic heterocycles. The van der Waals surface area contributed by atoms with Gasteiger partial charge >= 0.3 is 0 Å². The van der Waals surface area contributed by atoms with E-state index in [9.17, 15) is 9.59 Å². The van der Waals surface area contributed by atoms with Gasteiger partial charge in [0.1, 0.15) is 5.75 Å². The van der Waals surface area contributed by atoms with Crippen molar-refractivity contribution in [3.8, 4) is 5.75 Å². The topological polar surface area (TPSA) is 46.6 Å². The summed E-state index contributed by atoms with van der Waals surface area (Å²) < 4.78 is 5.71. The summed E-state index contributed by atoms with van der Waals surface area (Å²) in [7, 11) is 0. The number of thioether (sulfide) groups is 1. The predicted molar refractivity (Wildman–Crippen MR) is 116 cm³/mol. The fourth-order valence-corrected chi connectivity index (χ4v) is 4.26. The number of amides is 1. The minimum absolute atomic E-state index is 0.0353. The lowest BCUT2D eigenvalue weighted by atomic mass is 10.0. The molecule has 0 spiro atoms. The normalized spacial score (nSPS) is 13.3. The summed E-state index contributed by atoms with van der Waals surface area (Å²) in [6.45, 7) is 0.654. The van der Waals surface area contributed by atoms with Crippen molar-refractivity contribution in [3.63, 3.8) is 0 Å². The van der Waals surface area contributed by atoms with Crippen LogP contribution in [0.3, 0.4) is 0 Å². The van der Waals surface area contributed by atoms with Crippen LogP contribution in [0.2, 0.25) is 0 Å². The molecule has 0 saturated carbocycles. The maximum atomic E-state index is 12.8. The minimum atomic E-state index is -0.0654. The summed E-state index contributed by atoms with van der Waals surface area (Å²) in [6.07, 6.45) is 0.946. The highest BCUT2D eigenvalue weighted by Crippen LogP contribution is 2.33. The van der Waals surface area contributed by atoms with Gasteiger partial charge in [0.05, 0.1) is 5.69 Å². The zero-order valence-corrected chi connectivity index (χ0v) is 16.7. The van der Waals surface area contributed by atoms with Gasteiger partial charge in [-0.1, -0.05) is 42.5 Å². The molecule has 3 aromatic rings. The molecule has 0 atom stereocenters. The Kier molecular flexibility index (Phi) is 5.96. The molecule has 1 heterocycles. The van der Waals surface area contributed by atoms with Crippen molar-refractivity contribution in [2.24, 2.45) is 0 Å². The lowest BCUT2D eigenvalue weighted by Crippen LogP contribution is -2.35. The molecule has 4 rings (SSSR count). The number of para-hydroxylation sites is 1. The van der Waals surface area contributed by atoms with Crippen LogP contribution in [0.5, 0.6) is 5.75 Å². The average molecular weight is 404 g/mol. The largest absolute Gasteiger partial charge is 0.484 e. The summed E-state index contributed by atoms with van der Waals surface area (Å²) in [6, 6.07) is 24.1. The summed E-state index contributed by atoms with van der Waals surface area (Å²) in [5, 5.41) is 0. The Balaban J connectivity index is 1.40. The molecule has 5 heteroatoms. The van der Waals surface area contributed by atoms with Gasteiger partial charge in [-0.3, -0.25) is 9.59 Å². The van der Waals surface area contributed by atoms with Crippen molar-refractivity contribution in [2.75, 3.05) is 23.8 Å². The van der Waals surface area contributed by atoms with E-state index in [1.54, 1.807) is 48.2 Å². The fourth-order valence-electron chi connectivity index (χ4n) is 3.27. The number of ether oxygens (including phenoxy) is 1. The third kappa shape index (κ3) is 4.51. The number of carbonyl (C=O) groups excluding carboxylic acids is 2. The quantitative estimate of drug-likeness (QED) is 0.573. The van der Waals surface area contributed by atoms with Crippen LogP contribution in [0.25, 0.3) is 0 Å². The van der Waals surface area contributed by atoms with E-state index in [0.717, 1.165) is 22.8 Å². The Labute approximate surface area is 174 Å². The number of hydrogen-bond acceptors (Lipinski definition) is 4. The van der Waals surface area contributed by atoms with Crippen LogP contribution in [0, 0.1) is 0 Å². The van der Waals surface area contributed by atoms with Gasteiger partial charge in [0, 0.05) is 22.6 Å². The van der Waals surface area contributed by atoms with Crippen molar-refractivity contribution in [1.29, 1.82) is 0 Å². The Morgan fingerprint density at radius 2 is 1.55 bits per heavy atom. The number of nitrogens with zero attached hydrogens (tertiary/aromatic N) is 1. The summed E-state index contributed by atoms with van der Waals surface area (Å²) >= 11 is 1.78. The standard InChI is InChI=1S/C24H21NO3S/c26-23(25-15-6-16-29-22-10-5-4-9-21(22)25)17-28-20-13-11-19(12-14-20)24(27)18-7-2-1-3-8-18/h1-5,7-14H,6,15-17H2. The van der Waals surface area contributed by atoms with Gasteiger partial charge in [-0.15, -0.1) is 11.8 Å². The first-order valence-corrected chi connectivity index (χ1v) is 10.6. The Bertz CT molecular complexity index is 1000. The van der Waals surface area contributed by atoms with E-state index < -0.39 is 0 Å². The van der Waals surface area contributed by atoms with Gasteiger partial charge in [0.2, 0.25) is 0 Å². The third-order valence-electron chi connectivity index (χ3n) is 4.76. The van der Waals surface area contributed by atoms with E-state index >= 15 is 0 Å². The molecule has 1 aliphatic rings. The zero-order valence-electron chi connectivity index (χ0n) is 15.9. The van der Waals surface area contributed by atoms with Crippen molar-refractivity contribution < 1.29 is 14.3 Å². The molecule has 1 amide bonds. The molecule has 29 heavy (non-hydrogen) atoms. The first kappa shape index (κ1) is 19.3. The second kappa shape index (κ2) is 8.97. The van der Waals surface area contributed by atoms with Gasteiger partial charge in [-0.2, -0.15) is 0 Å². The fraction of sp³-hybridized carbons (Fsp3) is 0.167. The SMILES string of the molecule is O=C(c1ccccc1)c1ccc(OCC(=O)N2CCCSc3ccccc32)cc1. The predicted octanol–water partition coefficient (Wildman–Crippen LogP) is 4.83. The van der Waals surface area contributed by atoms with Crippen LogP contribution in [0.1, 0.15) is 22.3 Å². The van der Waals surface area contributed by atoms with Gasteiger partial charge < -0.3 is 9.64 Å². The Morgan fingerprint density at radius 3 is 2.34 bits per heavy atom. The number of fused-ring (bicyclic) bond motifs is 1. The monoisotopic (exact) mass is 403 g/mol. The number of hydrogen-bond donors (Lipinski definition) is 0. The number of ketones is 1. The second-order valence-corrected chi connectivity index (χ2v) is 7.86. The number of rotatable bonds is 5. The Hall–Kier alpha value is -3.05. The first-order valence-electron chi connectivity index (χ1n) is 9.57. The first-order chi connectivity index (χ1) is 14.2. The van der Waals surface area contributed by atoms with Gasteiger partial charge in [-0.05, 0) is 48.6 Å². The second-order valence-electron chi connectivity index (χ2n) is 6.72. The average Bonchev–Trinajstić information content (AvgIpc) is 3.00. The summed E-state index contributed by atoms with van der Waals surface area (Å²) in [4.78, 5) is 28.2. The van der Waals surface area contributed by atoms with Crippen molar-refractivity contribution in [3.05, 3.63) is 90.0 Å². The van der Waals surface area contributed by atoms with Crippen LogP contribution in [0.4, 0.5) is 5.69 Å². The van der Waals surface area contributed by atoms with E-state index in [4.69, 9.17) is 4.74 Å². The lowest BCUT2D eigenvalue weighted by molar-refractivity contribution is -0.120. The van der Waals surface area contributed by atoms with Gasteiger partial charge in [0.15, 0.2) is 12.4 Å². The van der Waals surface area contributed by atoms with Crippen LogP contribution in [-0.4, -0.2) is 30.6 Å². The van der Waals surface area contributed by atoms with Crippen LogP contribution < -0.4 is 9.64 Å². The lowest BCUT2D eigenvalue weighted by Gasteiger charge is -2.22. The highest BCUT2D eigenvalue weighted by atomic mass is 32.2. The van der Waals surface area contributed by atoms with Crippen LogP contribution in [0.15, 0.2) is 83.8 Å². The molecule has 0 aliphatic carbocycles. The maximum Gasteiger partial charge on any atom is 0.264 e. The third-order valence-corrected chi connectivity index (χ3v) is 5.90. The highest BCUT2D eigenvalue weighted by molar-refractivity contribution is 7.99. The van der Waals surface area contributed by atoms with E-state index in [2.05, 4.69) is 6.07 Å². The number of carbonyl (C=O) groups is 2. The molecule has 0 unspecified atom stereocenters. The molecule has 0 bridgehead atoms. The molecule has 146 valence electrons. The summed E-state index contributed by atoms with van der Waals surface area (Å²) in [5.74, 6) is 1.47. The smallest absolute Gasteiger partial charge is 0.264 e. The van der Waals surface area contributed by atoms with Crippen molar-refractivity contribution in [2.45, 2.75) is 11.3 Å². The molecule has 4 nitrogen and oxygen atoms in total. The molecule has 1 aliphatic heterocycles. The van der Waals surface area contributed by atoms with Crippen molar-refractivity contribution >= 4 is 29.1 Å².